The molecule has 3 N–H and O–H groups in total. The van der Waals surface area contributed by atoms with Crippen molar-refractivity contribution in [3.8, 4) is 10.4 Å². The molecule has 0 radical (unpaired) electrons. The Bertz CT molecular complexity index is 1310. The zero-order valence-corrected chi connectivity index (χ0v) is 22.5. The zero-order chi connectivity index (χ0) is 29.0. The zero-order valence-electron chi connectivity index (χ0n) is 21.6. The molecule has 3 atom stereocenters. The number of anilines is 1. The molecule has 3 aliphatic rings. The van der Waals surface area contributed by atoms with Gasteiger partial charge in [0, 0.05) is 29.8 Å². The van der Waals surface area contributed by atoms with E-state index in [-0.39, 0.29) is 34.5 Å². The number of alkyl halides is 5. The van der Waals surface area contributed by atoms with Crippen LogP contribution in [0.15, 0.2) is 12.3 Å². The van der Waals surface area contributed by atoms with Crippen LogP contribution in [0, 0.1) is 0 Å². The van der Waals surface area contributed by atoms with Crippen LogP contribution in [-0.4, -0.2) is 81.2 Å². The Hall–Kier alpha value is -2.91. The largest absolute Gasteiger partial charge is 0.417 e. The van der Waals surface area contributed by atoms with Gasteiger partial charge in [-0.15, -0.1) is 11.3 Å². The molecular formula is C25H28F5N5O4S. The lowest BCUT2D eigenvalue weighted by atomic mass is 9.78. The lowest BCUT2D eigenvalue weighted by molar-refractivity contribution is -0.137. The summed E-state index contributed by atoms with van der Waals surface area (Å²) in [7, 11) is 0. The maximum atomic E-state index is 14.3. The van der Waals surface area contributed by atoms with Crippen LogP contribution in [0.2, 0.25) is 0 Å². The van der Waals surface area contributed by atoms with Crippen molar-refractivity contribution in [3.63, 3.8) is 0 Å². The third-order valence-corrected chi connectivity index (χ3v) is 8.61. The number of rotatable bonds is 6. The van der Waals surface area contributed by atoms with Gasteiger partial charge in [0.05, 0.1) is 42.3 Å². The van der Waals surface area contributed by atoms with E-state index >= 15 is 0 Å². The van der Waals surface area contributed by atoms with Crippen LogP contribution in [0.3, 0.4) is 0 Å². The number of nitrogens with zero attached hydrogens (tertiary/aromatic N) is 3. The van der Waals surface area contributed by atoms with Crippen LogP contribution in [0.25, 0.3) is 10.4 Å². The van der Waals surface area contributed by atoms with Crippen LogP contribution in [0.1, 0.15) is 65.4 Å². The van der Waals surface area contributed by atoms with Gasteiger partial charge in [0.1, 0.15) is 11.5 Å². The van der Waals surface area contributed by atoms with Gasteiger partial charge in [-0.2, -0.15) is 13.2 Å². The summed E-state index contributed by atoms with van der Waals surface area (Å²) in [5, 5.41) is 15.1. The highest BCUT2D eigenvalue weighted by molar-refractivity contribution is 7.17. The summed E-state index contributed by atoms with van der Waals surface area (Å²) in [5.74, 6) is -5.04. The third kappa shape index (κ3) is 5.63. The number of pyridine rings is 1. The molecular weight excluding hydrogens is 561 g/mol. The van der Waals surface area contributed by atoms with Crippen molar-refractivity contribution in [2.45, 2.75) is 75.4 Å². The Balaban J connectivity index is 1.57. The minimum absolute atomic E-state index is 0.00309. The number of carbonyl (C=O) groups is 2. The van der Waals surface area contributed by atoms with E-state index in [9.17, 15) is 36.6 Å². The second kappa shape index (κ2) is 10.2. The number of carbonyl (C=O) groups excluding carboxylic acids is 2. The van der Waals surface area contributed by atoms with Gasteiger partial charge >= 0.3 is 6.18 Å². The molecule has 3 fully saturated rings. The first-order valence-corrected chi connectivity index (χ1v) is 13.6. The molecule has 2 saturated heterocycles. The van der Waals surface area contributed by atoms with Gasteiger partial charge in [-0.05, 0) is 39.2 Å². The monoisotopic (exact) mass is 589 g/mol. The number of amides is 2. The number of ether oxygens (including phenoxy) is 1. The van der Waals surface area contributed by atoms with Crippen molar-refractivity contribution in [1.82, 2.24) is 20.2 Å². The van der Waals surface area contributed by atoms with E-state index in [2.05, 4.69) is 20.6 Å². The molecule has 218 valence electrons. The Morgan fingerprint density at radius 3 is 2.52 bits per heavy atom. The van der Waals surface area contributed by atoms with Crippen molar-refractivity contribution in [3.05, 3.63) is 28.5 Å². The van der Waals surface area contributed by atoms with E-state index < -0.39 is 71.9 Å². The van der Waals surface area contributed by atoms with Crippen molar-refractivity contribution in [2.75, 3.05) is 25.1 Å². The van der Waals surface area contributed by atoms with Gasteiger partial charge in [-0.3, -0.25) is 9.59 Å². The maximum absolute atomic E-state index is 14.3. The number of halogens is 5. The Labute approximate surface area is 230 Å². The predicted molar refractivity (Wildman–Crippen MR) is 134 cm³/mol. The molecule has 1 unspecified atom stereocenters. The molecule has 0 spiro atoms. The second-order valence-electron chi connectivity index (χ2n) is 10.9. The average molecular weight is 590 g/mol. The van der Waals surface area contributed by atoms with Gasteiger partial charge in [-0.25, -0.2) is 18.7 Å². The SMILES string of the molecule is CC1CC(F)(F)CN1C(=O)c1nc(C(=O)N[C@H]2COC[C@@H]2O)sc1-c1cnc(NC2(C)CCC2)cc1C(F)(F)F. The smallest absolute Gasteiger partial charge is 0.388 e. The number of aliphatic hydroxyl groups excluding tert-OH is 1. The third-order valence-electron chi connectivity index (χ3n) is 7.52. The average Bonchev–Trinajstić information content (AvgIpc) is 3.53. The highest BCUT2D eigenvalue weighted by atomic mass is 32.1. The Morgan fingerprint density at radius 1 is 1.25 bits per heavy atom. The molecule has 4 heterocycles. The summed E-state index contributed by atoms with van der Waals surface area (Å²) in [5.41, 5.74) is -2.56. The first-order chi connectivity index (χ1) is 18.7. The topological polar surface area (TPSA) is 117 Å². The molecule has 15 heteroatoms. The van der Waals surface area contributed by atoms with Crippen LogP contribution in [-0.2, 0) is 10.9 Å². The fraction of sp³-hybridized carbons (Fsp3) is 0.600. The molecule has 0 aromatic carbocycles. The summed E-state index contributed by atoms with van der Waals surface area (Å²) < 4.78 is 76.3. The number of aromatic nitrogens is 2. The summed E-state index contributed by atoms with van der Waals surface area (Å²) in [6.07, 6.45) is -3.07. The highest BCUT2D eigenvalue weighted by Gasteiger charge is 2.47. The van der Waals surface area contributed by atoms with Crippen LogP contribution in [0.4, 0.5) is 27.8 Å². The molecule has 2 aliphatic heterocycles. The Morgan fingerprint density at radius 2 is 1.98 bits per heavy atom. The minimum Gasteiger partial charge on any atom is -0.388 e. The molecule has 1 saturated carbocycles. The van der Waals surface area contributed by atoms with Gasteiger partial charge in [0.15, 0.2) is 5.01 Å². The fourth-order valence-corrected chi connectivity index (χ4v) is 6.14. The second-order valence-corrected chi connectivity index (χ2v) is 11.9. The minimum atomic E-state index is -4.87. The number of nitrogens with one attached hydrogen (secondary N) is 2. The standard InChI is InChI=1S/C25H28F5N5O4S/c1-12-7-24(26,27)11-35(12)22(38)18-19(40-21(33-18)20(37)32-15-9-39-10-16(15)36)13-8-31-17(6-14(13)25(28,29)30)34-23(2)4-3-5-23/h6,8,12,15-16,36H,3-5,7,9-11H2,1-2H3,(H,31,34)(H,32,37)/t12?,15-,16-/m0/s1. The first-order valence-electron chi connectivity index (χ1n) is 12.8. The molecule has 0 bridgehead atoms. The summed E-state index contributed by atoms with van der Waals surface area (Å²) >= 11 is 0.517. The van der Waals surface area contributed by atoms with E-state index in [1.54, 1.807) is 0 Å². The number of hydrogen-bond donors (Lipinski definition) is 3. The van der Waals surface area contributed by atoms with E-state index in [1.165, 1.54) is 6.92 Å². The van der Waals surface area contributed by atoms with Crippen molar-refractivity contribution >= 4 is 29.0 Å². The lowest BCUT2D eigenvalue weighted by Crippen LogP contribution is -2.42. The predicted octanol–water partition coefficient (Wildman–Crippen LogP) is 3.94. The number of hydrogen-bond acceptors (Lipinski definition) is 8. The number of aliphatic hydroxyl groups is 1. The molecule has 5 rings (SSSR count). The van der Waals surface area contributed by atoms with Gasteiger partial charge in [0.2, 0.25) is 0 Å². The molecule has 9 nitrogen and oxygen atoms in total. The van der Waals surface area contributed by atoms with Gasteiger partial charge < -0.3 is 25.4 Å². The number of likely N-dealkylation sites (tertiary alicyclic amines) is 1. The number of thiazole rings is 1. The molecule has 2 aromatic rings. The van der Waals surface area contributed by atoms with E-state index in [4.69, 9.17) is 4.74 Å². The summed E-state index contributed by atoms with van der Waals surface area (Å²) in [6.45, 7) is 2.35. The molecule has 40 heavy (non-hydrogen) atoms. The fourth-order valence-electron chi connectivity index (χ4n) is 5.16. The highest BCUT2D eigenvalue weighted by Crippen LogP contribution is 2.43. The van der Waals surface area contributed by atoms with Gasteiger partial charge in [-0.1, -0.05) is 0 Å². The van der Waals surface area contributed by atoms with E-state index in [0.717, 1.165) is 36.4 Å². The first kappa shape index (κ1) is 28.6. The summed E-state index contributed by atoms with van der Waals surface area (Å²) in [4.78, 5) is 35.2. The summed E-state index contributed by atoms with van der Waals surface area (Å²) in [6, 6.07) is -0.858. The van der Waals surface area contributed by atoms with Crippen LogP contribution < -0.4 is 10.6 Å². The molecule has 1 aliphatic carbocycles. The maximum Gasteiger partial charge on any atom is 0.417 e. The van der Waals surface area contributed by atoms with E-state index in [0.29, 0.717) is 11.3 Å². The van der Waals surface area contributed by atoms with Crippen LogP contribution in [0.5, 0.6) is 0 Å². The molecule has 2 amide bonds. The normalized spacial score (nSPS) is 25.5. The Kier molecular flexibility index (Phi) is 7.28. The van der Waals surface area contributed by atoms with Gasteiger partial charge in [0.25, 0.3) is 17.7 Å². The van der Waals surface area contributed by atoms with Crippen molar-refractivity contribution < 1.29 is 41.4 Å². The molecule has 2 aromatic heterocycles. The lowest BCUT2D eigenvalue weighted by Gasteiger charge is -2.39. The quantitative estimate of drug-likeness (QED) is 0.437. The van der Waals surface area contributed by atoms with E-state index in [1.807, 2.05) is 6.92 Å². The van der Waals surface area contributed by atoms with Crippen molar-refractivity contribution in [2.24, 2.45) is 0 Å². The van der Waals surface area contributed by atoms with Crippen molar-refractivity contribution in [1.29, 1.82) is 0 Å². The van der Waals surface area contributed by atoms with Crippen LogP contribution >= 0.6 is 11.3 Å².